The zero-order valence-corrected chi connectivity index (χ0v) is 15.0. The van der Waals surface area contributed by atoms with E-state index in [0.29, 0.717) is 28.6 Å². The molecule has 9 nitrogen and oxygen atoms in total. The molecule has 0 N–H and O–H groups in total. The predicted octanol–water partition coefficient (Wildman–Crippen LogP) is 1.39. The Bertz CT molecular complexity index is 1200. The highest BCUT2D eigenvalue weighted by Gasteiger charge is 2.23. The number of hydrogen-bond acceptors (Lipinski definition) is 7. The molecule has 0 unspecified atom stereocenters. The Morgan fingerprint density at radius 2 is 1.93 bits per heavy atom. The molecule has 9 heteroatoms. The molecule has 1 aliphatic rings. The molecule has 0 spiro atoms. The first kappa shape index (κ1) is 15.7. The number of nitrogens with zero attached hydrogens (tertiary/aromatic N) is 7. The summed E-state index contributed by atoms with van der Waals surface area (Å²) in [5.41, 5.74) is 3.58. The smallest absolute Gasteiger partial charge is 0.266 e. The lowest BCUT2D eigenvalue weighted by molar-refractivity contribution is 0.368. The molecule has 0 saturated carbocycles. The average molecular weight is 363 g/mol. The van der Waals surface area contributed by atoms with E-state index in [1.54, 1.807) is 18.7 Å². The van der Waals surface area contributed by atoms with Crippen molar-refractivity contribution in [3.63, 3.8) is 0 Å². The van der Waals surface area contributed by atoms with Crippen molar-refractivity contribution in [1.82, 2.24) is 29.5 Å². The third-order valence-corrected chi connectivity index (χ3v) is 4.87. The topological polar surface area (TPSA) is 94.9 Å². The molecular formula is C18H17N7O2. The van der Waals surface area contributed by atoms with Crippen molar-refractivity contribution >= 4 is 17.0 Å². The standard InChI is InChI=1S/C18H17N7O2/c1-11-15-16(23(2)21-11)19-10-25(17(15)26)9-14-20-18(22-27-14)24-7-12-5-3-4-6-13(12)8-24/h3-6,10H,7-9H2,1-2H3. The zero-order valence-electron chi connectivity index (χ0n) is 15.0. The van der Waals surface area contributed by atoms with E-state index in [2.05, 4.69) is 32.4 Å². The molecule has 0 aliphatic carbocycles. The van der Waals surface area contributed by atoms with E-state index in [1.807, 2.05) is 17.0 Å². The molecular weight excluding hydrogens is 346 g/mol. The van der Waals surface area contributed by atoms with Crippen molar-refractivity contribution in [2.75, 3.05) is 4.90 Å². The maximum atomic E-state index is 12.7. The van der Waals surface area contributed by atoms with Gasteiger partial charge in [-0.3, -0.25) is 9.36 Å². The van der Waals surface area contributed by atoms with Gasteiger partial charge < -0.3 is 9.42 Å². The molecule has 5 rings (SSSR count). The van der Waals surface area contributed by atoms with Crippen LogP contribution in [0.4, 0.5) is 5.95 Å². The summed E-state index contributed by atoms with van der Waals surface area (Å²) in [5.74, 6) is 0.895. The van der Waals surface area contributed by atoms with E-state index in [9.17, 15) is 4.79 Å². The Morgan fingerprint density at radius 1 is 1.19 bits per heavy atom. The van der Waals surface area contributed by atoms with Crippen molar-refractivity contribution in [3.05, 3.63) is 63.7 Å². The van der Waals surface area contributed by atoms with Crippen LogP contribution < -0.4 is 10.5 Å². The Labute approximate surface area is 153 Å². The predicted molar refractivity (Wildman–Crippen MR) is 97.2 cm³/mol. The lowest BCUT2D eigenvalue weighted by Crippen LogP contribution is -2.22. The van der Waals surface area contributed by atoms with Gasteiger partial charge in [-0.15, -0.1) is 0 Å². The van der Waals surface area contributed by atoms with Gasteiger partial charge in [-0.25, -0.2) is 9.67 Å². The van der Waals surface area contributed by atoms with Gasteiger partial charge >= 0.3 is 0 Å². The van der Waals surface area contributed by atoms with Gasteiger partial charge in [-0.1, -0.05) is 24.3 Å². The number of benzene rings is 1. The van der Waals surface area contributed by atoms with E-state index in [1.165, 1.54) is 22.0 Å². The fourth-order valence-electron chi connectivity index (χ4n) is 3.54. The van der Waals surface area contributed by atoms with Gasteiger partial charge in [-0.2, -0.15) is 10.1 Å². The van der Waals surface area contributed by atoms with Gasteiger partial charge in [-0.05, 0) is 23.2 Å². The fourth-order valence-corrected chi connectivity index (χ4v) is 3.54. The second-order valence-corrected chi connectivity index (χ2v) is 6.70. The molecule has 0 bridgehead atoms. The Kier molecular flexibility index (Phi) is 3.36. The molecule has 1 aliphatic heterocycles. The maximum absolute atomic E-state index is 12.7. The Hall–Kier alpha value is -3.49. The first-order chi connectivity index (χ1) is 13.1. The average Bonchev–Trinajstić information content (AvgIpc) is 3.35. The van der Waals surface area contributed by atoms with Gasteiger partial charge in [0.15, 0.2) is 5.65 Å². The molecule has 0 fully saturated rings. The van der Waals surface area contributed by atoms with Crippen molar-refractivity contribution < 1.29 is 4.52 Å². The molecule has 27 heavy (non-hydrogen) atoms. The number of aryl methyl sites for hydroxylation is 2. The van der Waals surface area contributed by atoms with E-state index in [4.69, 9.17) is 4.52 Å². The first-order valence-electron chi connectivity index (χ1n) is 8.63. The highest BCUT2D eigenvalue weighted by Crippen LogP contribution is 2.26. The molecule has 3 aromatic heterocycles. The van der Waals surface area contributed by atoms with Crippen LogP contribution in [0.25, 0.3) is 11.0 Å². The van der Waals surface area contributed by atoms with Crippen LogP contribution in [-0.4, -0.2) is 29.5 Å². The summed E-state index contributed by atoms with van der Waals surface area (Å²) in [6.45, 7) is 3.46. The highest BCUT2D eigenvalue weighted by molar-refractivity contribution is 5.76. The minimum absolute atomic E-state index is 0.168. The van der Waals surface area contributed by atoms with Crippen LogP contribution in [0.15, 0.2) is 39.9 Å². The van der Waals surface area contributed by atoms with Gasteiger partial charge in [0, 0.05) is 20.1 Å². The van der Waals surface area contributed by atoms with Gasteiger partial charge in [0.25, 0.3) is 11.5 Å². The van der Waals surface area contributed by atoms with Crippen molar-refractivity contribution in [1.29, 1.82) is 0 Å². The lowest BCUT2D eigenvalue weighted by atomic mass is 10.1. The molecule has 0 saturated heterocycles. The molecule has 0 radical (unpaired) electrons. The normalized spacial score (nSPS) is 13.5. The molecule has 0 amide bonds. The second-order valence-electron chi connectivity index (χ2n) is 6.70. The highest BCUT2D eigenvalue weighted by atomic mass is 16.5. The summed E-state index contributed by atoms with van der Waals surface area (Å²) < 4.78 is 8.44. The SMILES string of the molecule is Cc1nn(C)c2ncn(Cc3nc(N4Cc5ccccc5C4)no3)c(=O)c12. The van der Waals surface area contributed by atoms with Gasteiger partial charge in [0.05, 0.1) is 5.69 Å². The quantitative estimate of drug-likeness (QED) is 0.543. The van der Waals surface area contributed by atoms with E-state index < -0.39 is 0 Å². The maximum Gasteiger partial charge on any atom is 0.266 e. The summed E-state index contributed by atoms with van der Waals surface area (Å²) in [5, 5.41) is 8.85. The van der Waals surface area contributed by atoms with Crippen molar-refractivity contribution in [2.24, 2.45) is 7.05 Å². The minimum Gasteiger partial charge on any atom is -0.335 e. The fraction of sp³-hybridized carbons (Fsp3) is 0.278. The number of aromatic nitrogens is 6. The van der Waals surface area contributed by atoms with Crippen LogP contribution in [0.2, 0.25) is 0 Å². The second kappa shape index (κ2) is 5.76. The Balaban J connectivity index is 1.42. The van der Waals surface area contributed by atoms with Gasteiger partial charge in [0.2, 0.25) is 5.89 Å². The number of hydrogen-bond donors (Lipinski definition) is 0. The summed E-state index contributed by atoms with van der Waals surface area (Å²) >= 11 is 0. The van der Waals surface area contributed by atoms with Crippen LogP contribution in [0, 0.1) is 6.92 Å². The Morgan fingerprint density at radius 3 is 2.67 bits per heavy atom. The summed E-state index contributed by atoms with van der Waals surface area (Å²) in [4.78, 5) is 23.6. The summed E-state index contributed by atoms with van der Waals surface area (Å²) in [6.07, 6.45) is 1.49. The third kappa shape index (κ3) is 2.50. The van der Waals surface area contributed by atoms with Crippen molar-refractivity contribution in [3.8, 4) is 0 Å². The molecule has 136 valence electrons. The van der Waals surface area contributed by atoms with E-state index >= 15 is 0 Å². The number of anilines is 1. The first-order valence-corrected chi connectivity index (χ1v) is 8.63. The summed E-state index contributed by atoms with van der Waals surface area (Å²) in [7, 11) is 1.77. The van der Waals surface area contributed by atoms with Crippen LogP contribution in [0.1, 0.15) is 22.7 Å². The minimum atomic E-state index is -0.168. The van der Waals surface area contributed by atoms with Crippen molar-refractivity contribution in [2.45, 2.75) is 26.6 Å². The lowest BCUT2D eigenvalue weighted by Gasteiger charge is -2.10. The van der Waals surface area contributed by atoms with Crippen LogP contribution in [0.3, 0.4) is 0 Å². The van der Waals surface area contributed by atoms with Crippen LogP contribution in [0.5, 0.6) is 0 Å². The molecule has 4 heterocycles. The third-order valence-electron chi connectivity index (χ3n) is 4.87. The van der Waals surface area contributed by atoms with Crippen LogP contribution >= 0.6 is 0 Å². The summed E-state index contributed by atoms with van der Waals surface area (Å²) in [6, 6.07) is 8.26. The number of rotatable bonds is 3. The largest absolute Gasteiger partial charge is 0.335 e. The zero-order chi connectivity index (χ0) is 18.5. The number of fused-ring (bicyclic) bond motifs is 2. The molecule has 1 aromatic carbocycles. The van der Waals surface area contributed by atoms with Gasteiger partial charge in [0.1, 0.15) is 18.3 Å². The molecule has 0 atom stereocenters. The molecule has 4 aromatic rings. The monoisotopic (exact) mass is 363 g/mol. The van der Waals surface area contributed by atoms with E-state index in [-0.39, 0.29) is 12.1 Å². The van der Waals surface area contributed by atoms with Crippen LogP contribution in [-0.2, 0) is 26.7 Å². The van der Waals surface area contributed by atoms with E-state index in [0.717, 1.165) is 13.1 Å².